The minimum absolute atomic E-state index is 0.283. The molecule has 0 N–H and O–H groups in total. The molecule has 2 nitrogen and oxygen atoms in total. The smallest absolute Gasteiger partial charge is 0.134 e. The molecule has 0 aliphatic carbocycles. The first kappa shape index (κ1) is 16.1. The largest absolute Gasteiger partial charge is 0.457 e. The van der Waals surface area contributed by atoms with Gasteiger partial charge in [-0.2, -0.15) is 0 Å². The Bertz CT molecular complexity index is 790. The van der Waals surface area contributed by atoms with E-state index in [1.807, 2.05) is 60.7 Å². The van der Waals surface area contributed by atoms with E-state index in [1.165, 1.54) is 5.56 Å². The summed E-state index contributed by atoms with van der Waals surface area (Å²) < 4.78 is 12.2. The van der Waals surface area contributed by atoms with Crippen LogP contribution in [0.15, 0.2) is 72.8 Å². The number of hydrogen-bond donors (Lipinski definition) is 0. The Morgan fingerprint density at radius 1 is 0.625 bits per heavy atom. The summed E-state index contributed by atoms with van der Waals surface area (Å²) >= 11 is 0. The van der Waals surface area contributed by atoms with Crippen LogP contribution in [0.1, 0.15) is 30.9 Å². The Morgan fingerprint density at radius 3 is 1.71 bits per heavy atom. The van der Waals surface area contributed by atoms with Crippen LogP contribution in [-0.2, 0) is 0 Å². The summed E-state index contributed by atoms with van der Waals surface area (Å²) in [6, 6.07) is 23.9. The van der Waals surface area contributed by atoms with Gasteiger partial charge in [0.15, 0.2) is 0 Å². The molecule has 3 aromatic rings. The molecule has 0 heterocycles. The number of ether oxygens (including phenoxy) is 2. The van der Waals surface area contributed by atoms with Crippen molar-refractivity contribution in [2.45, 2.75) is 26.7 Å². The molecule has 0 saturated carbocycles. The van der Waals surface area contributed by atoms with Gasteiger partial charge in [-0.15, -0.1) is 0 Å². The third kappa shape index (κ3) is 3.77. The first-order valence-corrected chi connectivity index (χ1v) is 8.24. The molecular formula is C22H22O2. The fourth-order valence-corrected chi connectivity index (χ4v) is 2.62. The first-order chi connectivity index (χ1) is 11.6. The maximum absolute atomic E-state index is 6.12. The molecule has 0 atom stereocenters. The van der Waals surface area contributed by atoms with Crippen LogP contribution in [-0.4, -0.2) is 0 Å². The van der Waals surface area contributed by atoms with Gasteiger partial charge in [-0.1, -0.05) is 55.8 Å². The number of para-hydroxylation sites is 1. The molecule has 122 valence electrons. The van der Waals surface area contributed by atoms with Crippen molar-refractivity contribution < 1.29 is 9.47 Å². The van der Waals surface area contributed by atoms with Crippen LogP contribution < -0.4 is 9.47 Å². The van der Waals surface area contributed by atoms with Crippen LogP contribution in [0.4, 0.5) is 0 Å². The van der Waals surface area contributed by atoms with Crippen LogP contribution in [0.2, 0.25) is 0 Å². The molecule has 0 amide bonds. The third-order valence-electron chi connectivity index (χ3n) is 3.82. The lowest BCUT2D eigenvalue weighted by atomic mass is 10.0. The second kappa shape index (κ2) is 7.22. The molecule has 0 radical (unpaired) electrons. The Morgan fingerprint density at radius 2 is 1.17 bits per heavy atom. The molecule has 0 spiro atoms. The molecule has 3 aromatic carbocycles. The van der Waals surface area contributed by atoms with Crippen LogP contribution in [0, 0.1) is 6.92 Å². The zero-order valence-corrected chi connectivity index (χ0v) is 14.3. The van der Waals surface area contributed by atoms with E-state index in [-0.39, 0.29) is 5.92 Å². The first-order valence-electron chi connectivity index (χ1n) is 8.24. The fraction of sp³-hybridized carbons (Fsp3) is 0.182. The van der Waals surface area contributed by atoms with Crippen molar-refractivity contribution in [3.05, 3.63) is 83.9 Å². The molecule has 3 rings (SSSR count). The van der Waals surface area contributed by atoms with E-state index < -0.39 is 0 Å². The maximum atomic E-state index is 6.12. The van der Waals surface area contributed by atoms with Crippen molar-refractivity contribution in [1.29, 1.82) is 0 Å². The summed E-state index contributed by atoms with van der Waals surface area (Å²) in [5.74, 6) is 3.61. The highest BCUT2D eigenvalue weighted by Crippen LogP contribution is 2.39. The minimum Gasteiger partial charge on any atom is -0.457 e. The highest BCUT2D eigenvalue weighted by Gasteiger charge is 2.16. The van der Waals surface area contributed by atoms with Crippen molar-refractivity contribution in [3.63, 3.8) is 0 Å². The zero-order valence-electron chi connectivity index (χ0n) is 14.3. The Labute approximate surface area is 143 Å². The van der Waals surface area contributed by atoms with Crippen molar-refractivity contribution in [2.75, 3.05) is 0 Å². The van der Waals surface area contributed by atoms with E-state index in [0.29, 0.717) is 0 Å². The van der Waals surface area contributed by atoms with Crippen molar-refractivity contribution in [2.24, 2.45) is 0 Å². The van der Waals surface area contributed by atoms with Crippen LogP contribution in [0.3, 0.4) is 0 Å². The zero-order chi connectivity index (χ0) is 16.9. The highest BCUT2D eigenvalue weighted by molar-refractivity contribution is 5.50. The maximum Gasteiger partial charge on any atom is 0.134 e. The van der Waals surface area contributed by atoms with E-state index in [4.69, 9.17) is 9.47 Å². The van der Waals surface area contributed by atoms with Gasteiger partial charge in [0, 0.05) is 5.56 Å². The predicted molar refractivity (Wildman–Crippen MR) is 98.3 cm³/mol. The topological polar surface area (TPSA) is 18.5 Å². The quantitative estimate of drug-likeness (QED) is 0.521. The molecule has 0 saturated heterocycles. The summed E-state index contributed by atoms with van der Waals surface area (Å²) in [6.07, 6.45) is 0. The molecule has 0 aliphatic heterocycles. The number of aryl methyl sites for hydroxylation is 1. The predicted octanol–water partition coefficient (Wildman–Crippen LogP) is 6.70. The van der Waals surface area contributed by atoms with Gasteiger partial charge in [0.25, 0.3) is 0 Å². The van der Waals surface area contributed by atoms with Crippen molar-refractivity contribution in [1.82, 2.24) is 0 Å². The fourth-order valence-electron chi connectivity index (χ4n) is 2.62. The van der Waals surface area contributed by atoms with E-state index >= 15 is 0 Å². The molecule has 0 aliphatic rings. The van der Waals surface area contributed by atoms with Gasteiger partial charge in [-0.25, -0.2) is 0 Å². The Kier molecular flexibility index (Phi) is 4.85. The summed E-state index contributed by atoms with van der Waals surface area (Å²) in [4.78, 5) is 0. The van der Waals surface area contributed by atoms with Gasteiger partial charge in [0.2, 0.25) is 0 Å². The third-order valence-corrected chi connectivity index (χ3v) is 3.82. The van der Waals surface area contributed by atoms with E-state index in [1.54, 1.807) is 0 Å². The summed E-state index contributed by atoms with van der Waals surface area (Å²) in [7, 11) is 0. The molecular weight excluding hydrogens is 296 g/mol. The summed E-state index contributed by atoms with van der Waals surface area (Å²) in [5.41, 5.74) is 2.29. The van der Waals surface area contributed by atoms with Crippen LogP contribution in [0.25, 0.3) is 0 Å². The Hall–Kier alpha value is -2.74. The van der Waals surface area contributed by atoms with Crippen LogP contribution >= 0.6 is 0 Å². The summed E-state index contributed by atoms with van der Waals surface area (Å²) in [5, 5.41) is 0. The number of rotatable bonds is 5. The normalized spacial score (nSPS) is 10.7. The SMILES string of the molecule is Cc1ccc(Oc2cccc(Oc3ccccc3)c2C(C)C)cc1. The number of benzene rings is 3. The molecule has 0 fully saturated rings. The van der Waals surface area contributed by atoms with Gasteiger partial charge in [-0.3, -0.25) is 0 Å². The van der Waals surface area contributed by atoms with Gasteiger partial charge in [0.05, 0.1) is 0 Å². The molecule has 0 unspecified atom stereocenters. The molecule has 24 heavy (non-hydrogen) atoms. The second-order valence-corrected chi connectivity index (χ2v) is 6.15. The minimum atomic E-state index is 0.283. The van der Waals surface area contributed by atoms with Gasteiger partial charge < -0.3 is 9.47 Å². The Balaban J connectivity index is 1.94. The van der Waals surface area contributed by atoms with Crippen LogP contribution in [0.5, 0.6) is 23.0 Å². The summed E-state index contributed by atoms with van der Waals surface area (Å²) in [6.45, 7) is 6.36. The van der Waals surface area contributed by atoms with Crippen molar-refractivity contribution in [3.8, 4) is 23.0 Å². The van der Waals surface area contributed by atoms with Gasteiger partial charge in [0.1, 0.15) is 23.0 Å². The van der Waals surface area contributed by atoms with E-state index in [2.05, 4.69) is 32.9 Å². The van der Waals surface area contributed by atoms with Crippen molar-refractivity contribution >= 4 is 0 Å². The second-order valence-electron chi connectivity index (χ2n) is 6.15. The lowest BCUT2D eigenvalue weighted by Gasteiger charge is -2.18. The monoisotopic (exact) mass is 318 g/mol. The lowest BCUT2D eigenvalue weighted by Crippen LogP contribution is -1.98. The highest BCUT2D eigenvalue weighted by atomic mass is 16.5. The van der Waals surface area contributed by atoms with Gasteiger partial charge >= 0.3 is 0 Å². The van der Waals surface area contributed by atoms with E-state index in [9.17, 15) is 0 Å². The lowest BCUT2D eigenvalue weighted by molar-refractivity contribution is 0.444. The molecule has 2 heteroatoms. The average molecular weight is 318 g/mol. The molecule has 0 bridgehead atoms. The number of hydrogen-bond acceptors (Lipinski definition) is 2. The standard InChI is InChI=1S/C22H22O2/c1-16(2)22-20(23-18-8-5-4-6-9-18)10-7-11-21(22)24-19-14-12-17(3)13-15-19/h4-16H,1-3H3. The average Bonchev–Trinajstić information content (AvgIpc) is 2.58. The van der Waals surface area contributed by atoms with E-state index in [0.717, 1.165) is 28.6 Å². The molecule has 0 aromatic heterocycles. The van der Waals surface area contributed by atoms with Gasteiger partial charge in [-0.05, 0) is 49.2 Å².